The number of allylic oxidation sites excluding steroid dienone is 2. The molecule has 2 aromatic rings. The Bertz CT molecular complexity index is 923. The molecule has 0 aromatic heterocycles. The minimum atomic E-state index is -0.414. The van der Waals surface area contributed by atoms with Crippen molar-refractivity contribution in [2.24, 2.45) is 0 Å². The molecule has 30 heavy (non-hydrogen) atoms. The standard InChI is InChI=1S/C26H32O4/c1-8-9-19-16-20(12-15-22(28)18-10-13-21(27)14-11-18)24(30-26(5,6)7)17-23(19)29-25(2,3)4/h8,10-17,27H,1,9H2,2-7H3/b15-12+. The zero-order chi connectivity index (χ0) is 22.5. The zero-order valence-corrected chi connectivity index (χ0v) is 18.8. The molecule has 0 aliphatic rings. The number of ketones is 1. The Balaban J connectivity index is 2.48. The van der Waals surface area contributed by atoms with Crippen LogP contribution in [-0.4, -0.2) is 22.1 Å². The predicted molar refractivity (Wildman–Crippen MR) is 123 cm³/mol. The number of carbonyl (C=O) groups excluding carboxylic acids is 1. The third kappa shape index (κ3) is 7.11. The number of carbonyl (C=O) groups is 1. The molecule has 4 heteroatoms. The Morgan fingerprint density at radius 3 is 2.07 bits per heavy atom. The number of aromatic hydroxyl groups is 1. The normalized spacial score (nSPS) is 12.1. The van der Waals surface area contributed by atoms with Crippen molar-refractivity contribution < 1.29 is 19.4 Å². The van der Waals surface area contributed by atoms with Crippen LogP contribution in [0.1, 0.15) is 63.0 Å². The quantitative estimate of drug-likeness (QED) is 0.328. The lowest BCUT2D eigenvalue weighted by molar-refractivity contribution is 0.104. The van der Waals surface area contributed by atoms with Crippen LogP contribution in [-0.2, 0) is 6.42 Å². The second-order valence-corrected chi connectivity index (χ2v) is 9.16. The maximum atomic E-state index is 12.5. The van der Waals surface area contributed by atoms with Gasteiger partial charge in [-0.05, 0) is 96.0 Å². The number of rotatable bonds is 7. The summed E-state index contributed by atoms with van der Waals surface area (Å²) in [7, 11) is 0. The van der Waals surface area contributed by atoms with Gasteiger partial charge in [0.15, 0.2) is 5.78 Å². The van der Waals surface area contributed by atoms with Gasteiger partial charge in [-0.25, -0.2) is 0 Å². The molecule has 0 unspecified atom stereocenters. The van der Waals surface area contributed by atoms with Crippen molar-refractivity contribution in [3.63, 3.8) is 0 Å². The summed E-state index contributed by atoms with van der Waals surface area (Å²) < 4.78 is 12.3. The molecule has 0 amide bonds. The van der Waals surface area contributed by atoms with Gasteiger partial charge >= 0.3 is 0 Å². The number of phenolic OH excluding ortho intramolecular Hbond substituents is 1. The molecule has 0 bridgehead atoms. The van der Waals surface area contributed by atoms with Crippen molar-refractivity contribution in [2.45, 2.75) is 59.2 Å². The van der Waals surface area contributed by atoms with Crippen LogP contribution < -0.4 is 9.47 Å². The average Bonchev–Trinajstić information content (AvgIpc) is 2.60. The minimum Gasteiger partial charge on any atom is -0.508 e. The number of phenols is 1. The molecule has 2 aromatic carbocycles. The van der Waals surface area contributed by atoms with Crippen molar-refractivity contribution in [2.75, 3.05) is 0 Å². The van der Waals surface area contributed by atoms with Crippen LogP contribution in [0.5, 0.6) is 17.2 Å². The maximum Gasteiger partial charge on any atom is 0.185 e. The van der Waals surface area contributed by atoms with E-state index in [0.717, 1.165) is 16.9 Å². The van der Waals surface area contributed by atoms with Gasteiger partial charge in [0, 0.05) is 17.2 Å². The van der Waals surface area contributed by atoms with Crippen molar-refractivity contribution in [1.82, 2.24) is 0 Å². The molecule has 0 radical (unpaired) electrons. The summed E-state index contributed by atoms with van der Waals surface area (Å²) in [6, 6.07) is 10.0. The first-order valence-corrected chi connectivity index (χ1v) is 10.1. The van der Waals surface area contributed by atoms with Gasteiger partial charge in [-0.1, -0.05) is 6.08 Å². The van der Waals surface area contributed by atoms with Gasteiger partial charge in [-0.2, -0.15) is 0 Å². The van der Waals surface area contributed by atoms with Gasteiger partial charge in [0.25, 0.3) is 0 Å². The molecule has 160 valence electrons. The largest absolute Gasteiger partial charge is 0.508 e. The van der Waals surface area contributed by atoms with E-state index in [1.165, 1.54) is 18.2 Å². The van der Waals surface area contributed by atoms with E-state index in [4.69, 9.17) is 9.47 Å². The lowest BCUT2D eigenvalue weighted by atomic mass is 10.0. The molecule has 1 N–H and O–H groups in total. The van der Waals surface area contributed by atoms with E-state index in [1.807, 2.05) is 59.8 Å². The summed E-state index contributed by atoms with van der Waals surface area (Å²) in [5, 5.41) is 9.41. The number of ether oxygens (including phenoxy) is 2. The third-order valence-corrected chi connectivity index (χ3v) is 3.96. The molecule has 0 spiro atoms. The molecule has 0 saturated heterocycles. The van der Waals surface area contributed by atoms with E-state index in [2.05, 4.69) is 6.58 Å². The first-order chi connectivity index (χ1) is 13.9. The van der Waals surface area contributed by atoms with Crippen LogP contribution >= 0.6 is 0 Å². The predicted octanol–water partition coefficient (Wildman–Crippen LogP) is 6.37. The Labute approximate surface area is 179 Å². The van der Waals surface area contributed by atoms with E-state index in [1.54, 1.807) is 18.2 Å². The van der Waals surface area contributed by atoms with Crippen molar-refractivity contribution in [3.05, 3.63) is 71.8 Å². The molecule has 0 aliphatic heterocycles. The summed E-state index contributed by atoms with van der Waals surface area (Å²) in [4.78, 5) is 12.5. The van der Waals surface area contributed by atoms with Crippen LogP contribution in [0, 0.1) is 0 Å². The van der Waals surface area contributed by atoms with Crippen molar-refractivity contribution >= 4 is 11.9 Å². The fourth-order valence-corrected chi connectivity index (χ4v) is 2.80. The molecule has 0 aliphatic carbocycles. The average molecular weight is 409 g/mol. The summed E-state index contributed by atoms with van der Waals surface area (Å²) >= 11 is 0. The van der Waals surface area contributed by atoms with Gasteiger partial charge in [-0.15, -0.1) is 6.58 Å². The summed E-state index contributed by atoms with van der Waals surface area (Å²) in [5.41, 5.74) is 1.48. The van der Waals surface area contributed by atoms with Gasteiger partial charge in [0.1, 0.15) is 28.5 Å². The van der Waals surface area contributed by atoms with E-state index < -0.39 is 5.60 Å². The van der Waals surface area contributed by atoms with Crippen molar-refractivity contribution in [3.8, 4) is 17.2 Å². The molecular weight excluding hydrogens is 376 g/mol. The van der Waals surface area contributed by atoms with Crippen LogP contribution in [0.25, 0.3) is 6.08 Å². The first-order valence-electron chi connectivity index (χ1n) is 10.1. The Morgan fingerprint density at radius 2 is 1.53 bits per heavy atom. The molecule has 0 heterocycles. The fraction of sp³-hybridized carbons (Fsp3) is 0.346. The second kappa shape index (κ2) is 9.21. The molecule has 4 nitrogen and oxygen atoms in total. The number of hydrogen-bond donors (Lipinski definition) is 1. The van der Waals surface area contributed by atoms with Crippen LogP contribution in [0.4, 0.5) is 0 Å². The van der Waals surface area contributed by atoms with Crippen molar-refractivity contribution in [1.29, 1.82) is 0 Å². The second-order valence-electron chi connectivity index (χ2n) is 9.16. The van der Waals surface area contributed by atoms with Crippen LogP contribution in [0.2, 0.25) is 0 Å². The van der Waals surface area contributed by atoms with E-state index in [0.29, 0.717) is 17.7 Å². The highest BCUT2D eigenvalue weighted by Gasteiger charge is 2.20. The number of hydrogen-bond acceptors (Lipinski definition) is 4. The van der Waals surface area contributed by atoms with E-state index >= 15 is 0 Å². The first kappa shape index (κ1) is 23.3. The Kier molecular flexibility index (Phi) is 7.14. The zero-order valence-electron chi connectivity index (χ0n) is 18.8. The molecule has 0 atom stereocenters. The monoisotopic (exact) mass is 408 g/mol. The molecular formula is C26H32O4. The maximum absolute atomic E-state index is 12.5. The fourth-order valence-electron chi connectivity index (χ4n) is 2.80. The summed E-state index contributed by atoms with van der Waals surface area (Å²) in [6.07, 6.45) is 5.72. The highest BCUT2D eigenvalue weighted by atomic mass is 16.5. The lowest BCUT2D eigenvalue weighted by Gasteiger charge is -2.27. The van der Waals surface area contributed by atoms with Gasteiger partial charge in [0.2, 0.25) is 0 Å². The Morgan fingerprint density at radius 1 is 0.967 bits per heavy atom. The molecule has 2 rings (SSSR count). The summed E-state index contributed by atoms with van der Waals surface area (Å²) in [6.45, 7) is 15.8. The highest BCUT2D eigenvalue weighted by molar-refractivity contribution is 6.07. The van der Waals surface area contributed by atoms with E-state index in [-0.39, 0.29) is 17.1 Å². The van der Waals surface area contributed by atoms with Gasteiger partial charge in [-0.3, -0.25) is 4.79 Å². The molecule has 0 fully saturated rings. The van der Waals surface area contributed by atoms with Gasteiger partial charge < -0.3 is 14.6 Å². The van der Waals surface area contributed by atoms with E-state index in [9.17, 15) is 9.90 Å². The third-order valence-electron chi connectivity index (χ3n) is 3.96. The minimum absolute atomic E-state index is 0.125. The topological polar surface area (TPSA) is 55.8 Å². The van der Waals surface area contributed by atoms with Gasteiger partial charge in [0.05, 0.1) is 0 Å². The van der Waals surface area contributed by atoms with Crippen LogP contribution in [0.15, 0.2) is 55.1 Å². The lowest BCUT2D eigenvalue weighted by Crippen LogP contribution is -2.25. The Hall–Kier alpha value is -3.01. The highest BCUT2D eigenvalue weighted by Crippen LogP contribution is 2.35. The summed E-state index contributed by atoms with van der Waals surface area (Å²) in [5.74, 6) is 1.35. The SMILES string of the molecule is C=CCc1cc(/C=C/C(=O)c2ccc(O)cc2)c(OC(C)(C)C)cc1OC(C)(C)C. The smallest absolute Gasteiger partial charge is 0.185 e. The van der Waals surface area contributed by atoms with Crippen LogP contribution in [0.3, 0.4) is 0 Å². The number of benzene rings is 2. The molecule has 0 saturated carbocycles.